The number of likely N-dealkylation sites (tertiary alicyclic amines) is 1. The third-order valence-corrected chi connectivity index (χ3v) is 8.69. The Labute approximate surface area is 224 Å². The summed E-state index contributed by atoms with van der Waals surface area (Å²) in [6.07, 6.45) is -0.508. The second-order valence-electron chi connectivity index (χ2n) is 13.0. The molecular formula is C27H44N4O7. The molecule has 5 aliphatic rings. The van der Waals surface area contributed by atoms with Gasteiger partial charge in [-0.05, 0) is 24.7 Å². The fraction of sp³-hybridized carbons (Fsp3) is 0.889. The first-order valence-corrected chi connectivity index (χ1v) is 14.2. The number of nitrogens with zero attached hydrogens (tertiary/aromatic N) is 3. The van der Waals surface area contributed by atoms with Gasteiger partial charge < -0.3 is 34.8 Å². The number of rotatable bonds is 2. The standard InChI is InChI=1S/C27H44N4O7/c1-27(2,3)11-23(33)30-14-18-13-29(7-8-37-18)26(36)19-9-16(12-31(19)17-5-4-6-17)28-22(32)10-20-24(34)25(35)21(15-30)38-20/h16-21,24-25,34-35H,4-15H2,1-3H3,(H,28,32)/t16-,18-,19-,20-,21+,24-,25+/m0/s1. The Morgan fingerprint density at radius 2 is 1.79 bits per heavy atom. The first-order chi connectivity index (χ1) is 18.0. The summed E-state index contributed by atoms with van der Waals surface area (Å²) in [5, 5.41) is 24.5. The molecule has 11 nitrogen and oxygen atoms in total. The Morgan fingerprint density at radius 1 is 1.05 bits per heavy atom. The van der Waals surface area contributed by atoms with Crippen LogP contribution in [0.4, 0.5) is 0 Å². The average molecular weight is 537 g/mol. The lowest BCUT2D eigenvalue weighted by Gasteiger charge is -2.41. The first kappa shape index (κ1) is 27.8. The van der Waals surface area contributed by atoms with E-state index in [1.807, 2.05) is 25.7 Å². The summed E-state index contributed by atoms with van der Waals surface area (Å²) in [7, 11) is 0. The minimum absolute atomic E-state index is 0.0656. The highest BCUT2D eigenvalue weighted by Crippen LogP contribution is 2.33. The number of aliphatic hydroxyl groups is 2. The summed E-state index contributed by atoms with van der Waals surface area (Å²) in [5.74, 6) is -0.310. The van der Waals surface area contributed by atoms with Gasteiger partial charge in [0, 0.05) is 51.2 Å². The second-order valence-corrected chi connectivity index (χ2v) is 13.0. The second kappa shape index (κ2) is 11.0. The molecule has 0 aromatic carbocycles. The van der Waals surface area contributed by atoms with Crippen molar-refractivity contribution in [1.29, 1.82) is 0 Å². The van der Waals surface area contributed by atoms with Gasteiger partial charge in [0.05, 0.1) is 31.3 Å². The fourth-order valence-electron chi connectivity index (χ4n) is 6.49. The van der Waals surface area contributed by atoms with Crippen LogP contribution >= 0.6 is 0 Å². The number of ether oxygens (including phenoxy) is 2. The van der Waals surface area contributed by atoms with E-state index in [-0.39, 0.29) is 60.8 Å². The Balaban J connectivity index is 1.41. The van der Waals surface area contributed by atoms with Crippen LogP contribution in [0.1, 0.15) is 59.3 Å². The zero-order valence-electron chi connectivity index (χ0n) is 22.9. The predicted molar refractivity (Wildman–Crippen MR) is 137 cm³/mol. The van der Waals surface area contributed by atoms with Crippen LogP contribution in [0.2, 0.25) is 0 Å². The van der Waals surface area contributed by atoms with Crippen molar-refractivity contribution in [3.63, 3.8) is 0 Å². The SMILES string of the molecule is CC(C)(C)CC(=O)N1C[C@@H]2CN(CCO2)C(=O)[C@@H]2C[C@@H](CN2C2CCC2)NC(=O)C[C@@H]2O[C@H](C1)[C@@H](O)[C@H]2O. The Morgan fingerprint density at radius 3 is 2.47 bits per heavy atom. The summed E-state index contributed by atoms with van der Waals surface area (Å²) in [5.41, 5.74) is -0.249. The van der Waals surface area contributed by atoms with Gasteiger partial charge in [-0.15, -0.1) is 0 Å². The predicted octanol–water partition coefficient (Wildman–Crippen LogP) is -0.517. The monoisotopic (exact) mass is 536 g/mol. The Hall–Kier alpha value is -1.79. The van der Waals surface area contributed by atoms with Gasteiger partial charge in [0.25, 0.3) is 0 Å². The van der Waals surface area contributed by atoms with Crippen molar-refractivity contribution < 1.29 is 34.1 Å². The minimum atomic E-state index is -1.23. The van der Waals surface area contributed by atoms with Gasteiger partial charge in [-0.3, -0.25) is 19.3 Å². The molecule has 4 heterocycles. The Bertz CT molecular complexity index is 906. The van der Waals surface area contributed by atoms with Crippen molar-refractivity contribution in [3.8, 4) is 0 Å². The number of hydrogen-bond acceptors (Lipinski definition) is 8. The van der Waals surface area contributed by atoms with Gasteiger partial charge in [0.15, 0.2) is 0 Å². The molecule has 0 aromatic rings. The van der Waals surface area contributed by atoms with E-state index in [1.165, 1.54) is 0 Å². The number of hydrogen-bond donors (Lipinski definition) is 3. The van der Waals surface area contributed by atoms with Gasteiger partial charge in [0.2, 0.25) is 17.7 Å². The molecule has 7 atom stereocenters. The van der Waals surface area contributed by atoms with E-state index in [9.17, 15) is 24.6 Å². The van der Waals surface area contributed by atoms with Gasteiger partial charge >= 0.3 is 0 Å². The maximum atomic E-state index is 13.8. The first-order valence-electron chi connectivity index (χ1n) is 14.2. The maximum Gasteiger partial charge on any atom is 0.240 e. The lowest BCUT2D eigenvalue weighted by molar-refractivity contribution is -0.148. The van der Waals surface area contributed by atoms with E-state index in [1.54, 1.807) is 4.90 Å². The highest BCUT2D eigenvalue weighted by Gasteiger charge is 2.47. The highest BCUT2D eigenvalue weighted by atomic mass is 16.5. The highest BCUT2D eigenvalue weighted by molar-refractivity contribution is 5.83. The molecule has 4 aliphatic heterocycles. The molecule has 3 amide bonds. The molecule has 0 radical (unpaired) electrons. The molecule has 0 spiro atoms. The largest absolute Gasteiger partial charge is 0.388 e. The normalized spacial score (nSPS) is 37.8. The summed E-state index contributed by atoms with van der Waals surface area (Å²) in [4.78, 5) is 45.9. The molecule has 0 aromatic heterocycles. The quantitative estimate of drug-likeness (QED) is 0.430. The van der Waals surface area contributed by atoms with Crippen LogP contribution in [-0.2, 0) is 23.9 Å². The van der Waals surface area contributed by atoms with E-state index in [2.05, 4.69) is 10.2 Å². The smallest absolute Gasteiger partial charge is 0.240 e. The van der Waals surface area contributed by atoms with E-state index in [0.29, 0.717) is 45.1 Å². The number of carbonyl (C=O) groups is 3. The lowest BCUT2D eigenvalue weighted by atomic mass is 9.91. The third-order valence-electron chi connectivity index (χ3n) is 8.69. The van der Waals surface area contributed by atoms with Crippen molar-refractivity contribution in [2.24, 2.45) is 5.41 Å². The van der Waals surface area contributed by atoms with E-state index < -0.39 is 24.4 Å². The summed E-state index contributed by atoms with van der Waals surface area (Å²) >= 11 is 0. The van der Waals surface area contributed by atoms with Gasteiger partial charge in [-0.25, -0.2) is 0 Å². The van der Waals surface area contributed by atoms with Crippen molar-refractivity contribution in [2.45, 2.75) is 108 Å². The number of amides is 3. The van der Waals surface area contributed by atoms with Crippen LogP contribution in [0.3, 0.4) is 0 Å². The van der Waals surface area contributed by atoms with Crippen LogP contribution in [0, 0.1) is 5.41 Å². The number of carbonyl (C=O) groups excluding carboxylic acids is 3. The Kier molecular flexibility index (Phi) is 8.04. The van der Waals surface area contributed by atoms with Gasteiger partial charge in [-0.2, -0.15) is 0 Å². The molecule has 0 unspecified atom stereocenters. The van der Waals surface area contributed by atoms with Gasteiger partial charge in [-0.1, -0.05) is 27.2 Å². The van der Waals surface area contributed by atoms with Crippen LogP contribution in [-0.4, -0.2) is 131 Å². The van der Waals surface area contributed by atoms with Crippen LogP contribution in [0.25, 0.3) is 0 Å². The van der Waals surface area contributed by atoms with Crippen LogP contribution in [0.15, 0.2) is 0 Å². The van der Waals surface area contributed by atoms with Gasteiger partial charge in [0.1, 0.15) is 18.3 Å². The average Bonchev–Trinajstić information content (AvgIpc) is 3.31. The molecule has 4 saturated heterocycles. The van der Waals surface area contributed by atoms with Crippen molar-refractivity contribution in [3.05, 3.63) is 0 Å². The number of nitrogens with one attached hydrogen (secondary N) is 1. The summed E-state index contributed by atoms with van der Waals surface area (Å²) in [6, 6.07) is -0.104. The molecule has 1 aliphatic carbocycles. The lowest BCUT2D eigenvalue weighted by Crippen LogP contribution is -2.57. The van der Waals surface area contributed by atoms with Crippen LogP contribution in [0.5, 0.6) is 0 Å². The molecule has 3 N–H and O–H groups in total. The molecule has 6 bridgehead atoms. The fourth-order valence-corrected chi connectivity index (χ4v) is 6.49. The van der Waals surface area contributed by atoms with Crippen LogP contribution < -0.4 is 5.32 Å². The van der Waals surface area contributed by atoms with Crippen molar-refractivity contribution >= 4 is 17.7 Å². The van der Waals surface area contributed by atoms with Crippen molar-refractivity contribution in [2.75, 3.05) is 39.3 Å². The zero-order valence-corrected chi connectivity index (χ0v) is 22.9. The molecule has 38 heavy (non-hydrogen) atoms. The minimum Gasteiger partial charge on any atom is -0.388 e. The van der Waals surface area contributed by atoms with E-state index >= 15 is 0 Å². The van der Waals surface area contributed by atoms with E-state index in [4.69, 9.17) is 9.47 Å². The maximum absolute atomic E-state index is 13.8. The molecule has 5 rings (SSSR count). The topological polar surface area (TPSA) is 132 Å². The number of fused-ring (bicyclic) bond motifs is 6. The molecule has 5 fully saturated rings. The molecular weight excluding hydrogens is 492 g/mol. The zero-order chi connectivity index (χ0) is 27.2. The molecule has 214 valence electrons. The van der Waals surface area contributed by atoms with Crippen molar-refractivity contribution in [1.82, 2.24) is 20.0 Å². The molecule has 1 saturated carbocycles. The number of morpholine rings is 1. The summed E-state index contributed by atoms with van der Waals surface area (Å²) < 4.78 is 12.0. The molecule has 11 heteroatoms. The third kappa shape index (κ3) is 6.01. The van der Waals surface area contributed by atoms with E-state index in [0.717, 1.165) is 19.3 Å². The summed E-state index contributed by atoms with van der Waals surface area (Å²) in [6.45, 7) is 8.17. The number of aliphatic hydroxyl groups excluding tert-OH is 2.